The van der Waals surface area contributed by atoms with Gasteiger partial charge in [0.1, 0.15) is 0 Å². The van der Waals surface area contributed by atoms with E-state index in [-0.39, 0.29) is 6.04 Å². The maximum Gasteiger partial charge on any atom is 0.339 e. The van der Waals surface area contributed by atoms with Crippen molar-refractivity contribution in [1.82, 2.24) is 15.6 Å². The zero-order valence-corrected chi connectivity index (χ0v) is 20.1. The van der Waals surface area contributed by atoms with E-state index in [1.807, 2.05) is 54.6 Å². The summed E-state index contributed by atoms with van der Waals surface area (Å²) in [5.74, 6) is -1.24. The Morgan fingerprint density at radius 1 is 0.944 bits per heavy atom. The van der Waals surface area contributed by atoms with Crippen LogP contribution in [0.1, 0.15) is 65.7 Å². The van der Waals surface area contributed by atoms with Crippen LogP contribution in [0, 0.1) is 0 Å². The minimum atomic E-state index is -0.657. The van der Waals surface area contributed by atoms with Gasteiger partial charge in [0.2, 0.25) is 0 Å². The Labute approximate surface area is 209 Å². The number of allylic oxidation sites excluding steroid dienone is 1. The number of nitrogens with one attached hydrogen (secondary N) is 2. The van der Waals surface area contributed by atoms with Crippen molar-refractivity contribution in [2.24, 2.45) is 0 Å². The van der Waals surface area contributed by atoms with Gasteiger partial charge in [-0.15, -0.1) is 0 Å². The number of nitrogens with zero attached hydrogens (tertiary/aromatic N) is 1. The van der Waals surface area contributed by atoms with Crippen molar-refractivity contribution in [3.05, 3.63) is 77.0 Å². The van der Waals surface area contributed by atoms with E-state index < -0.39 is 24.5 Å². The zero-order chi connectivity index (χ0) is 24.9. The number of fused-ring (bicyclic) bond motifs is 2. The standard InChI is InChI=1S/C29H29N3O4/c33-25(32-29(35)30-21-12-4-5-13-21)18-36-28(34)26-22-14-6-7-16-24(22)31-27-20(11-8-15-23(26)27)17-19-9-2-1-3-10-19/h1-3,6-7,9-10,14,16-17,21H,4-5,8,11-13,15,18H2,(H2,30,32,33,35)/b20-17-. The second kappa shape index (κ2) is 10.7. The van der Waals surface area contributed by atoms with Crippen LogP contribution in [-0.4, -0.2) is 35.5 Å². The molecule has 3 amide bonds. The molecule has 3 aromatic rings. The van der Waals surface area contributed by atoms with Gasteiger partial charge in [-0.05, 0) is 60.9 Å². The van der Waals surface area contributed by atoms with Crippen molar-refractivity contribution >= 4 is 40.5 Å². The smallest absolute Gasteiger partial charge is 0.339 e. The molecule has 7 heteroatoms. The van der Waals surface area contributed by atoms with Crippen molar-refractivity contribution in [3.8, 4) is 0 Å². The molecule has 0 bridgehead atoms. The summed E-state index contributed by atoms with van der Waals surface area (Å²) in [4.78, 5) is 42.6. The van der Waals surface area contributed by atoms with E-state index >= 15 is 0 Å². The summed E-state index contributed by atoms with van der Waals surface area (Å²) < 4.78 is 5.41. The molecule has 0 unspecified atom stereocenters. The number of ether oxygens (including phenoxy) is 1. The van der Waals surface area contributed by atoms with E-state index in [1.165, 1.54) is 0 Å². The number of rotatable bonds is 5. The molecule has 1 fully saturated rings. The first kappa shape index (κ1) is 23.7. The number of esters is 1. The van der Waals surface area contributed by atoms with Gasteiger partial charge in [-0.1, -0.05) is 61.4 Å². The number of urea groups is 1. The monoisotopic (exact) mass is 483 g/mol. The number of carbonyl (C=O) groups is 3. The average molecular weight is 484 g/mol. The molecule has 0 saturated heterocycles. The van der Waals surface area contributed by atoms with E-state index in [0.717, 1.165) is 60.9 Å². The molecule has 36 heavy (non-hydrogen) atoms. The van der Waals surface area contributed by atoms with Gasteiger partial charge in [-0.2, -0.15) is 0 Å². The molecule has 1 aromatic heterocycles. The van der Waals surface area contributed by atoms with Crippen LogP contribution in [0.4, 0.5) is 4.79 Å². The molecule has 5 rings (SSSR count). The molecular formula is C29H29N3O4. The number of amides is 3. The van der Waals surface area contributed by atoms with Gasteiger partial charge in [-0.25, -0.2) is 14.6 Å². The Bertz CT molecular complexity index is 1330. The fourth-order valence-electron chi connectivity index (χ4n) is 5.12. The Balaban J connectivity index is 1.38. The maximum absolute atomic E-state index is 13.3. The predicted molar refractivity (Wildman–Crippen MR) is 138 cm³/mol. The molecule has 2 aromatic carbocycles. The first-order chi connectivity index (χ1) is 17.6. The zero-order valence-electron chi connectivity index (χ0n) is 20.1. The third-order valence-corrected chi connectivity index (χ3v) is 6.79. The number of carbonyl (C=O) groups excluding carboxylic acids is 3. The normalized spacial score (nSPS) is 16.5. The topological polar surface area (TPSA) is 97.4 Å². The van der Waals surface area contributed by atoms with Gasteiger partial charge < -0.3 is 10.1 Å². The van der Waals surface area contributed by atoms with Crippen LogP contribution in [0.3, 0.4) is 0 Å². The fourth-order valence-corrected chi connectivity index (χ4v) is 5.12. The molecule has 0 atom stereocenters. The van der Waals surface area contributed by atoms with Gasteiger partial charge in [0, 0.05) is 11.4 Å². The Morgan fingerprint density at radius 2 is 1.69 bits per heavy atom. The van der Waals surface area contributed by atoms with E-state index in [4.69, 9.17) is 9.72 Å². The maximum atomic E-state index is 13.3. The van der Waals surface area contributed by atoms with Crippen LogP contribution in [0.25, 0.3) is 22.6 Å². The van der Waals surface area contributed by atoms with Crippen LogP contribution in [0.2, 0.25) is 0 Å². The van der Waals surface area contributed by atoms with E-state index in [2.05, 4.69) is 16.7 Å². The summed E-state index contributed by atoms with van der Waals surface area (Å²) in [6, 6.07) is 17.1. The molecule has 2 N–H and O–H groups in total. The molecule has 0 aliphatic heterocycles. The summed E-state index contributed by atoms with van der Waals surface area (Å²) in [6.07, 6.45) is 8.53. The number of pyridine rings is 1. The fraction of sp³-hybridized carbons (Fsp3) is 0.310. The molecular weight excluding hydrogens is 454 g/mol. The van der Waals surface area contributed by atoms with E-state index in [1.54, 1.807) is 0 Å². The summed E-state index contributed by atoms with van der Waals surface area (Å²) in [7, 11) is 0. The number of para-hydroxylation sites is 1. The highest BCUT2D eigenvalue weighted by molar-refractivity contribution is 6.07. The lowest BCUT2D eigenvalue weighted by Crippen LogP contribution is -2.45. The summed E-state index contributed by atoms with van der Waals surface area (Å²) >= 11 is 0. The van der Waals surface area contributed by atoms with Gasteiger partial charge in [0.25, 0.3) is 5.91 Å². The number of hydrogen-bond donors (Lipinski definition) is 2. The summed E-state index contributed by atoms with van der Waals surface area (Å²) in [5.41, 5.74) is 4.93. The quantitative estimate of drug-likeness (QED) is 0.496. The van der Waals surface area contributed by atoms with Crippen molar-refractivity contribution < 1.29 is 19.1 Å². The Kier molecular flexibility index (Phi) is 7.07. The lowest BCUT2D eigenvalue weighted by Gasteiger charge is -2.22. The minimum absolute atomic E-state index is 0.0909. The highest BCUT2D eigenvalue weighted by Crippen LogP contribution is 2.36. The number of imide groups is 1. The molecule has 1 heterocycles. The molecule has 7 nitrogen and oxygen atoms in total. The summed E-state index contributed by atoms with van der Waals surface area (Å²) in [5, 5.41) is 5.75. The lowest BCUT2D eigenvalue weighted by atomic mass is 9.86. The molecule has 184 valence electrons. The second-order valence-electron chi connectivity index (χ2n) is 9.34. The largest absolute Gasteiger partial charge is 0.452 e. The highest BCUT2D eigenvalue weighted by atomic mass is 16.5. The van der Waals surface area contributed by atoms with Gasteiger partial charge in [0.05, 0.1) is 16.8 Å². The van der Waals surface area contributed by atoms with E-state index in [9.17, 15) is 14.4 Å². The first-order valence-corrected chi connectivity index (χ1v) is 12.5. The number of aromatic nitrogens is 1. The van der Waals surface area contributed by atoms with Crippen molar-refractivity contribution in [3.63, 3.8) is 0 Å². The second-order valence-corrected chi connectivity index (χ2v) is 9.34. The first-order valence-electron chi connectivity index (χ1n) is 12.5. The average Bonchev–Trinajstić information content (AvgIpc) is 3.39. The van der Waals surface area contributed by atoms with Crippen LogP contribution in [-0.2, 0) is 16.0 Å². The Morgan fingerprint density at radius 3 is 2.50 bits per heavy atom. The highest BCUT2D eigenvalue weighted by Gasteiger charge is 2.26. The summed E-state index contributed by atoms with van der Waals surface area (Å²) in [6.45, 7) is -0.533. The van der Waals surface area contributed by atoms with Crippen molar-refractivity contribution in [2.45, 2.75) is 51.0 Å². The number of benzene rings is 2. The molecule has 2 aliphatic rings. The van der Waals surface area contributed by atoms with E-state index in [0.29, 0.717) is 22.9 Å². The van der Waals surface area contributed by atoms with Crippen molar-refractivity contribution in [1.29, 1.82) is 0 Å². The molecule has 2 aliphatic carbocycles. The predicted octanol–water partition coefficient (Wildman–Crippen LogP) is 5.04. The van der Waals surface area contributed by atoms with Gasteiger partial charge >= 0.3 is 12.0 Å². The van der Waals surface area contributed by atoms with Gasteiger partial charge in [-0.3, -0.25) is 10.1 Å². The van der Waals surface area contributed by atoms with Crippen LogP contribution in [0.5, 0.6) is 0 Å². The SMILES string of the molecule is O=C(COC(=O)c1c2c(nc3ccccc13)/C(=C\c1ccccc1)CCC2)NC(=O)NC1CCCC1. The molecule has 0 spiro atoms. The molecule has 1 saturated carbocycles. The third kappa shape index (κ3) is 5.30. The van der Waals surface area contributed by atoms with Crippen LogP contribution >= 0.6 is 0 Å². The minimum Gasteiger partial charge on any atom is -0.452 e. The number of hydrogen-bond acceptors (Lipinski definition) is 5. The van der Waals surface area contributed by atoms with Gasteiger partial charge in [0.15, 0.2) is 6.61 Å². The molecule has 0 radical (unpaired) electrons. The Hall–Kier alpha value is -4.00. The van der Waals surface area contributed by atoms with Crippen LogP contribution < -0.4 is 10.6 Å². The van der Waals surface area contributed by atoms with Crippen LogP contribution in [0.15, 0.2) is 54.6 Å². The third-order valence-electron chi connectivity index (χ3n) is 6.79. The lowest BCUT2D eigenvalue weighted by molar-refractivity contribution is -0.123. The van der Waals surface area contributed by atoms with Crippen molar-refractivity contribution in [2.75, 3.05) is 6.61 Å².